The molecule has 0 aromatic heterocycles. The number of benzene rings is 3. The van der Waals surface area contributed by atoms with Gasteiger partial charge in [-0.2, -0.15) is 12.8 Å². The average Bonchev–Trinajstić information content (AvgIpc) is 3.12. The van der Waals surface area contributed by atoms with Crippen LogP contribution in [-0.2, 0) is 16.6 Å². The van der Waals surface area contributed by atoms with Crippen LogP contribution < -0.4 is 15.2 Å². The zero-order chi connectivity index (χ0) is 21.5. The number of amides is 1. The van der Waals surface area contributed by atoms with E-state index in [9.17, 15) is 22.0 Å². The second-order valence-corrected chi connectivity index (χ2v) is 8.65. The van der Waals surface area contributed by atoms with Crippen LogP contribution in [0.25, 0.3) is 0 Å². The molecule has 1 aliphatic rings. The Bertz CT molecular complexity index is 1230. The fourth-order valence-electron chi connectivity index (χ4n) is 3.06. The number of nitrogens with zero attached hydrogens (tertiary/aromatic N) is 1. The van der Waals surface area contributed by atoms with Crippen LogP contribution in [0.4, 0.5) is 20.2 Å². The molecule has 0 bridgehead atoms. The van der Waals surface area contributed by atoms with E-state index in [2.05, 4.69) is 10.7 Å². The molecule has 0 saturated heterocycles. The van der Waals surface area contributed by atoms with Gasteiger partial charge in [-0.25, -0.2) is 14.2 Å². The van der Waals surface area contributed by atoms with Crippen LogP contribution in [0.1, 0.15) is 15.9 Å². The molecule has 30 heavy (non-hydrogen) atoms. The monoisotopic (exact) mass is 449 g/mol. The van der Waals surface area contributed by atoms with Crippen molar-refractivity contribution in [3.8, 4) is 0 Å². The van der Waals surface area contributed by atoms with Gasteiger partial charge in [0.15, 0.2) is 0 Å². The fourth-order valence-corrected chi connectivity index (χ4v) is 4.66. The van der Waals surface area contributed by atoms with Crippen molar-refractivity contribution in [2.45, 2.75) is 11.4 Å². The van der Waals surface area contributed by atoms with E-state index in [-0.39, 0.29) is 33.4 Å². The van der Waals surface area contributed by atoms with Crippen molar-refractivity contribution in [2.75, 3.05) is 9.73 Å². The molecule has 6 nitrogen and oxygen atoms in total. The van der Waals surface area contributed by atoms with Gasteiger partial charge in [0, 0.05) is 12.2 Å². The molecule has 4 rings (SSSR count). The summed E-state index contributed by atoms with van der Waals surface area (Å²) in [6.45, 7) is 0.239. The van der Waals surface area contributed by atoms with Crippen molar-refractivity contribution in [3.05, 3.63) is 88.4 Å². The zero-order valence-electron chi connectivity index (χ0n) is 15.2. The van der Waals surface area contributed by atoms with Crippen molar-refractivity contribution >= 4 is 38.9 Å². The highest BCUT2D eigenvalue weighted by molar-refractivity contribution is 7.92. The number of anilines is 2. The predicted molar refractivity (Wildman–Crippen MR) is 109 cm³/mol. The summed E-state index contributed by atoms with van der Waals surface area (Å²) in [5.41, 5.74) is 3.66. The number of hydrazine groups is 1. The summed E-state index contributed by atoms with van der Waals surface area (Å²) in [6.07, 6.45) is 0. The molecule has 0 fully saturated rings. The molecule has 154 valence electrons. The summed E-state index contributed by atoms with van der Waals surface area (Å²) in [6, 6.07) is 13.0. The van der Waals surface area contributed by atoms with E-state index >= 15 is 0 Å². The van der Waals surface area contributed by atoms with Crippen LogP contribution in [-0.4, -0.2) is 14.3 Å². The zero-order valence-corrected chi connectivity index (χ0v) is 16.8. The highest BCUT2D eigenvalue weighted by Crippen LogP contribution is 2.33. The standard InChI is InChI=1S/C20H14ClF2N3O3S/c21-16-2-1-3-17(23)19(16)20(27)25-14-7-4-12-11-24-26(18(12)10-14)30(28,29)15-8-5-13(22)6-9-15/h1-10,24H,11H2,(H,25,27). The van der Waals surface area contributed by atoms with E-state index in [4.69, 9.17) is 11.6 Å². The first kappa shape index (κ1) is 20.3. The molecular formula is C20H14ClF2N3O3S. The summed E-state index contributed by atoms with van der Waals surface area (Å²) in [7, 11) is -4.02. The summed E-state index contributed by atoms with van der Waals surface area (Å²) in [4.78, 5) is 12.4. The highest BCUT2D eigenvalue weighted by Gasteiger charge is 2.31. The maximum atomic E-state index is 14.0. The molecule has 0 aliphatic carbocycles. The average molecular weight is 450 g/mol. The minimum atomic E-state index is -4.02. The molecule has 3 aromatic rings. The maximum Gasteiger partial charge on any atom is 0.277 e. The third-order valence-electron chi connectivity index (χ3n) is 4.52. The number of hydrogen-bond acceptors (Lipinski definition) is 4. The third kappa shape index (κ3) is 3.62. The SMILES string of the molecule is O=C(Nc1ccc2c(c1)N(S(=O)(=O)c1ccc(F)cc1)NC2)c1c(F)cccc1Cl. The molecular weight excluding hydrogens is 436 g/mol. The number of fused-ring (bicyclic) bond motifs is 1. The quantitative estimate of drug-likeness (QED) is 0.629. The number of carbonyl (C=O) groups excluding carboxylic acids is 1. The van der Waals surface area contributed by atoms with Gasteiger partial charge in [-0.05, 0) is 54.1 Å². The Morgan fingerprint density at radius 2 is 1.80 bits per heavy atom. The predicted octanol–water partition coefficient (Wildman–Crippen LogP) is 4.08. The van der Waals surface area contributed by atoms with Gasteiger partial charge in [-0.1, -0.05) is 23.7 Å². The lowest BCUT2D eigenvalue weighted by atomic mass is 10.1. The number of carbonyl (C=O) groups is 1. The van der Waals surface area contributed by atoms with Crippen molar-refractivity contribution < 1.29 is 22.0 Å². The molecule has 0 spiro atoms. The van der Waals surface area contributed by atoms with Crippen molar-refractivity contribution in [3.63, 3.8) is 0 Å². The van der Waals surface area contributed by atoms with Gasteiger partial charge >= 0.3 is 0 Å². The van der Waals surface area contributed by atoms with Gasteiger partial charge in [0.1, 0.15) is 11.6 Å². The number of rotatable bonds is 4. The molecule has 0 saturated carbocycles. The molecule has 0 radical (unpaired) electrons. The molecule has 2 N–H and O–H groups in total. The maximum absolute atomic E-state index is 14.0. The fraction of sp³-hybridized carbons (Fsp3) is 0.0500. The minimum Gasteiger partial charge on any atom is -0.322 e. The van der Waals surface area contributed by atoms with Crippen molar-refractivity contribution in [1.82, 2.24) is 5.43 Å². The summed E-state index contributed by atoms with van der Waals surface area (Å²) in [5, 5.41) is 2.48. The normalized spacial score (nSPS) is 13.2. The van der Waals surface area contributed by atoms with E-state index < -0.39 is 27.6 Å². The van der Waals surface area contributed by atoms with Gasteiger partial charge in [-0.15, -0.1) is 0 Å². The Kier molecular flexibility index (Phi) is 5.19. The molecule has 1 heterocycles. The second-order valence-electron chi connectivity index (χ2n) is 6.45. The number of hydrogen-bond donors (Lipinski definition) is 2. The number of nitrogens with one attached hydrogen (secondary N) is 2. The summed E-state index contributed by atoms with van der Waals surface area (Å²) >= 11 is 5.92. The number of halogens is 3. The Labute approximate surface area is 176 Å². The van der Waals surface area contributed by atoms with Crippen LogP contribution in [0.2, 0.25) is 5.02 Å². The summed E-state index contributed by atoms with van der Waals surface area (Å²) in [5.74, 6) is -2.10. The topological polar surface area (TPSA) is 78.5 Å². The van der Waals surface area contributed by atoms with Gasteiger partial charge in [0.2, 0.25) is 0 Å². The Morgan fingerprint density at radius 3 is 2.50 bits per heavy atom. The van der Waals surface area contributed by atoms with E-state index in [0.717, 1.165) is 34.7 Å². The lowest BCUT2D eigenvalue weighted by Gasteiger charge is -2.20. The van der Waals surface area contributed by atoms with Crippen LogP contribution in [0.3, 0.4) is 0 Å². The molecule has 0 unspecified atom stereocenters. The number of sulfonamides is 1. The van der Waals surface area contributed by atoms with Crippen LogP contribution in [0, 0.1) is 11.6 Å². The molecule has 10 heteroatoms. The van der Waals surface area contributed by atoms with E-state index in [1.165, 1.54) is 18.2 Å². The second kappa shape index (κ2) is 7.67. The lowest BCUT2D eigenvalue weighted by molar-refractivity contribution is 0.102. The van der Waals surface area contributed by atoms with E-state index in [0.29, 0.717) is 5.56 Å². The Morgan fingerprint density at radius 1 is 1.07 bits per heavy atom. The first-order chi connectivity index (χ1) is 14.3. The minimum absolute atomic E-state index is 0.0455. The van der Waals surface area contributed by atoms with E-state index in [1.54, 1.807) is 12.1 Å². The van der Waals surface area contributed by atoms with Gasteiger partial charge in [0.25, 0.3) is 15.9 Å². The Hall–Kier alpha value is -3.01. The van der Waals surface area contributed by atoms with Gasteiger partial charge in [-0.3, -0.25) is 4.79 Å². The largest absolute Gasteiger partial charge is 0.322 e. The van der Waals surface area contributed by atoms with Crippen molar-refractivity contribution in [2.24, 2.45) is 0 Å². The lowest BCUT2D eigenvalue weighted by Crippen LogP contribution is -2.38. The van der Waals surface area contributed by atoms with Crippen LogP contribution in [0.5, 0.6) is 0 Å². The van der Waals surface area contributed by atoms with Crippen LogP contribution in [0.15, 0.2) is 65.6 Å². The Balaban J connectivity index is 1.65. The first-order valence-corrected chi connectivity index (χ1v) is 10.5. The molecule has 3 aromatic carbocycles. The molecule has 1 aliphatic heterocycles. The summed E-state index contributed by atoms with van der Waals surface area (Å²) < 4.78 is 54.0. The van der Waals surface area contributed by atoms with E-state index in [1.807, 2.05) is 0 Å². The first-order valence-electron chi connectivity index (χ1n) is 8.70. The van der Waals surface area contributed by atoms with Crippen molar-refractivity contribution in [1.29, 1.82) is 0 Å². The van der Waals surface area contributed by atoms with Gasteiger partial charge in [0.05, 0.1) is 21.2 Å². The highest BCUT2D eigenvalue weighted by atomic mass is 35.5. The smallest absolute Gasteiger partial charge is 0.277 e. The molecule has 1 amide bonds. The molecule has 0 atom stereocenters. The van der Waals surface area contributed by atoms with Gasteiger partial charge < -0.3 is 5.32 Å². The van der Waals surface area contributed by atoms with Crippen LogP contribution >= 0.6 is 11.6 Å². The third-order valence-corrected chi connectivity index (χ3v) is 6.51.